The van der Waals surface area contributed by atoms with E-state index >= 15 is 0 Å². The fraction of sp³-hybridized carbons (Fsp3) is 0.231. The fourth-order valence-corrected chi connectivity index (χ4v) is 1.70. The minimum atomic E-state index is -4.40. The molecule has 0 aliphatic carbocycles. The molecule has 0 saturated carbocycles. The SMILES string of the molecule is CN(Cc1ncc[nH]1)C(=O)c1ccc(C(F)(F)F)cc1. The van der Waals surface area contributed by atoms with Crippen molar-refractivity contribution in [1.29, 1.82) is 0 Å². The van der Waals surface area contributed by atoms with E-state index < -0.39 is 11.7 Å². The Labute approximate surface area is 113 Å². The van der Waals surface area contributed by atoms with E-state index in [4.69, 9.17) is 0 Å². The number of halogens is 3. The van der Waals surface area contributed by atoms with Gasteiger partial charge in [-0.05, 0) is 24.3 Å². The van der Waals surface area contributed by atoms with Crippen molar-refractivity contribution in [3.8, 4) is 0 Å². The third-order valence-electron chi connectivity index (χ3n) is 2.75. The molecule has 7 heteroatoms. The second kappa shape index (κ2) is 5.36. The van der Waals surface area contributed by atoms with E-state index in [0.29, 0.717) is 5.82 Å². The number of rotatable bonds is 3. The van der Waals surface area contributed by atoms with Crippen molar-refractivity contribution in [3.05, 3.63) is 53.6 Å². The summed E-state index contributed by atoms with van der Waals surface area (Å²) in [6, 6.07) is 4.13. The van der Waals surface area contributed by atoms with Crippen LogP contribution >= 0.6 is 0 Å². The van der Waals surface area contributed by atoms with E-state index in [0.717, 1.165) is 12.1 Å². The molecule has 1 heterocycles. The van der Waals surface area contributed by atoms with Crippen LogP contribution in [0.15, 0.2) is 36.7 Å². The zero-order chi connectivity index (χ0) is 14.8. The lowest BCUT2D eigenvalue weighted by molar-refractivity contribution is -0.137. The Bertz CT molecular complexity index is 576. The van der Waals surface area contributed by atoms with Gasteiger partial charge in [-0.25, -0.2) is 4.98 Å². The van der Waals surface area contributed by atoms with Crippen molar-refractivity contribution in [2.45, 2.75) is 12.7 Å². The minimum absolute atomic E-state index is 0.201. The molecule has 1 aromatic carbocycles. The summed E-state index contributed by atoms with van der Waals surface area (Å²) in [7, 11) is 1.56. The highest BCUT2D eigenvalue weighted by molar-refractivity contribution is 5.94. The molecule has 0 atom stereocenters. The molecular formula is C13H12F3N3O. The van der Waals surface area contributed by atoms with Crippen LogP contribution < -0.4 is 0 Å². The van der Waals surface area contributed by atoms with Crippen molar-refractivity contribution in [2.24, 2.45) is 0 Å². The number of nitrogens with zero attached hydrogens (tertiary/aromatic N) is 2. The second-order valence-corrected chi connectivity index (χ2v) is 4.27. The van der Waals surface area contributed by atoms with E-state index in [9.17, 15) is 18.0 Å². The number of H-pyrrole nitrogens is 1. The maximum Gasteiger partial charge on any atom is 0.416 e. The number of carbonyl (C=O) groups is 1. The summed E-state index contributed by atoms with van der Waals surface area (Å²) in [5, 5.41) is 0. The molecule has 0 bridgehead atoms. The fourth-order valence-electron chi connectivity index (χ4n) is 1.70. The van der Waals surface area contributed by atoms with Crippen molar-refractivity contribution in [3.63, 3.8) is 0 Å². The summed E-state index contributed by atoms with van der Waals surface area (Å²) in [4.78, 5) is 20.2. The number of nitrogens with one attached hydrogen (secondary N) is 1. The Morgan fingerprint density at radius 2 is 1.95 bits per heavy atom. The Kier molecular flexibility index (Phi) is 3.78. The second-order valence-electron chi connectivity index (χ2n) is 4.27. The molecule has 0 aliphatic heterocycles. The number of imidazole rings is 1. The van der Waals surface area contributed by atoms with E-state index in [-0.39, 0.29) is 18.0 Å². The number of amides is 1. The van der Waals surface area contributed by atoms with Crippen LogP contribution in [0.2, 0.25) is 0 Å². The smallest absolute Gasteiger partial charge is 0.347 e. The monoisotopic (exact) mass is 283 g/mol. The highest BCUT2D eigenvalue weighted by Crippen LogP contribution is 2.29. The molecule has 1 aromatic heterocycles. The van der Waals surface area contributed by atoms with Gasteiger partial charge in [0.1, 0.15) is 5.82 Å². The molecule has 1 amide bonds. The summed E-state index contributed by atoms with van der Waals surface area (Å²) in [5.41, 5.74) is -0.574. The first-order chi connectivity index (χ1) is 9.38. The van der Waals surface area contributed by atoms with Gasteiger partial charge in [-0.3, -0.25) is 4.79 Å². The summed E-state index contributed by atoms with van der Waals surface area (Å²) >= 11 is 0. The van der Waals surface area contributed by atoms with Gasteiger partial charge in [0.25, 0.3) is 5.91 Å². The van der Waals surface area contributed by atoms with E-state index in [2.05, 4.69) is 9.97 Å². The van der Waals surface area contributed by atoms with Gasteiger partial charge in [0.15, 0.2) is 0 Å². The highest BCUT2D eigenvalue weighted by atomic mass is 19.4. The summed E-state index contributed by atoms with van der Waals surface area (Å²) in [6.45, 7) is 0.257. The molecule has 4 nitrogen and oxygen atoms in total. The van der Waals surface area contributed by atoms with Gasteiger partial charge >= 0.3 is 6.18 Å². The van der Waals surface area contributed by atoms with Gasteiger partial charge < -0.3 is 9.88 Å². The molecule has 106 valence electrons. The number of hydrogen-bond acceptors (Lipinski definition) is 2. The molecule has 0 spiro atoms. The maximum absolute atomic E-state index is 12.4. The van der Waals surface area contributed by atoms with Gasteiger partial charge in [-0.1, -0.05) is 0 Å². The van der Waals surface area contributed by atoms with Crippen LogP contribution in [-0.4, -0.2) is 27.8 Å². The van der Waals surface area contributed by atoms with Crippen molar-refractivity contribution >= 4 is 5.91 Å². The molecule has 0 radical (unpaired) electrons. The van der Waals surface area contributed by atoms with E-state index in [1.807, 2.05) is 0 Å². The molecule has 0 unspecified atom stereocenters. The highest BCUT2D eigenvalue weighted by Gasteiger charge is 2.30. The molecular weight excluding hydrogens is 271 g/mol. The number of aromatic nitrogens is 2. The molecule has 0 aliphatic rings. The van der Waals surface area contributed by atoms with E-state index in [1.54, 1.807) is 19.4 Å². The maximum atomic E-state index is 12.4. The predicted octanol–water partition coefficient (Wildman–Crippen LogP) is 2.70. The lowest BCUT2D eigenvalue weighted by Gasteiger charge is -2.16. The zero-order valence-electron chi connectivity index (χ0n) is 10.6. The third-order valence-corrected chi connectivity index (χ3v) is 2.75. The molecule has 2 aromatic rings. The van der Waals surface area contributed by atoms with Crippen LogP contribution in [0, 0.1) is 0 Å². The lowest BCUT2D eigenvalue weighted by Crippen LogP contribution is -2.26. The van der Waals surface area contributed by atoms with Crippen LogP contribution in [0.4, 0.5) is 13.2 Å². The molecule has 2 rings (SSSR count). The third kappa shape index (κ3) is 3.17. The molecule has 1 N–H and O–H groups in total. The first-order valence-electron chi connectivity index (χ1n) is 5.79. The van der Waals surface area contributed by atoms with Gasteiger partial charge in [-0.2, -0.15) is 13.2 Å². The number of aromatic amines is 1. The van der Waals surface area contributed by atoms with Gasteiger partial charge in [0, 0.05) is 25.0 Å². The van der Waals surface area contributed by atoms with Crippen LogP contribution in [0.25, 0.3) is 0 Å². The first-order valence-corrected chi connectivity index (χ1v) is 5.79. The largest absolute Gasteiger partial charge is 0.416 e. The van der Waals surface area contributed by atoms with Gasteiger partial charge in [-0.15, -0.1) is 0 Å². The number of carbonyl (C=O) groups excluding carboxylic acids is 1. The lowest BCUT2D eigenvalue weighted by atomic mass is 10.1. The van der Waals surface area contributed by atoms with Crippen LogP contribution in [-0.2, 0) is 12.7 Å². The van der Waals surface area contributed by atoms with Crippen molar-refractivity contribution < 1.29 is 18.0 Å². The summed E-state index contributed by atoms with van der Waals surface area (Å²) in [5.74, 6) is 0.239. The minimum Gasteiger partial charge on any atom is -0.347 e. The van der Waals surface area contributed by atoms with Gasteiger partial charge in [0.05, 0.1) is 12.1 Å². The standard InChI is InChI=1S/C13H12F3N3O/c1-19(8-11-17-6-7-18-11)12(20)9-2-4-10(5-3-9)13(14,15)16/h2-7H,8H2,1H3,(H,17,18). The molecule has 0 saturated heterocycles. The Balaban J connectivity index is 2.09. The quantitative estimate of drug-likeness (QED) is 0.941. The van der Waals surface area contributed by atoms with Crippen molar-refractivity contribution in [1.82, 2.24) is 14.9 Å². The summed E-state index contributed by atoms with van der Waals surface area (Å²) in [6.07, 6.45) is -1.21. The Morgan fingerprint density at radius 1 is 1.30 bits per heavy atom. The van der Waals surface area contributed by atoms with Crippen LogP contribution in [0.3, 0.4) is 0 Å². The van der Waals surface area contributed by atoms with Crippen LogP contribution in [0.5, 0.6) is 0 Å². The zero-order valence-corrected chi connectivity index (χ0v) is 10.6. The van der Waals surface area contributed by atoms with Crippen LogP contribution in [0.1, 0.15) is 21.7 Å². The number of hydrogen-bond donors (Lipinski definition) is 1. The van der Waals surface area contributed by atoms with E-state index in [1.165, 1.54) is 17.0 Å². The first kappa shape index (κ1) is 14.1. The van der Waals surface area contributed by atoms with Gasteiger partial charge in [0.2, 0.25) is 0 Å². The predicted molar refractivity (Wildman–Crippen MR) is 65.8 cm³/mol. The Morgan fingerprint density at radius 3 is 2.45 bits per heavy atom. The topological polar surface area (TPSA) is 49.0 Å². The molecule has 20 heavy (non-hydrogen) atoms. The summed E-state index contributed by atoms with van der Waals surface area (Å²) < 4.78 is 37.3. The number of benzene rings is 1. The molecule has 0 fully saturated rings. The average molecular weight is 283 g/mol. The number of alkyl halides is 3. The Hall–Kier alpha value is -2.31. The normalized spacial score (nSPS) is 11.4. The average Bonchev–Trinajstić information content (AvgIpc) is 2.90. The van der Waals surface area contributed by atoms with Crippen molar-refractivity contribution in [2.75, 3.05) is 7.05 Å².